The Kier molecular flexibility index (Phi) is 3.06. The number of aromatic nitrogens is 4. The van der Waals surface area contributed by atoms with Gasteiger partial charge in [-0.05, 0) is 30.4 Å². The maximum atomic E-state index is 4.99. The number of benzene rings is 1. The van der Waals surface area contributed by atoms with Crippen LogP contribution < -0.4 is 0 Å². The molecule has 0 radical (unpaired) electrons. The first-order valence-corrected chi connectivity index (χ1v) is 4.88. The lowest BCUT2D eigenvalue weighted by atomic mass is 10.3. The Morgan fingerprint density at radius 2 is 2.44 bits per heavy atom. The number of hydrogen-bond acceptors (Lipinski definition) is 5. The van der Waals surface area contributed by atoms with Crippen LogP contribution in [0.3, 0.4) is 0 Å². The quantitative estimate of drug-likeness (QED) is 0.499. The van der Waals surface area contributed by atoms with E-state index < -0.39 is 0 Å². The molecule has 0 atom stereocenters. The summed E-state index contributed by atoms with van der Waals surface area (Å²) in [7, 11) is 1.54. The molecule has 16 heavy (non-hydrogen) atoms. The van der Waals surface area contributed by atoms with E-state index in [0.29, 0.717) is 4.77 Å². The van der Waals surface area contributed by atoms with Crippen LogP contribution >= 0.6 is 12.2 Å². The highest BCUT2D eigenvalue weighted by Crippen LogP contribution is 2.16. The van der Waals surface area contributed by atoms with Crippen molar-refractivity contribution >= 4 is 24.3 Å². The third kappa shape index (κ3) is 2.14. The van der Waals surface area contributed by atoms with Crippen LogP contribution in [0.2, 0.25) is 0 Å². The van der Waals surface area contributed by atoms with Gasteiger partial charge < -0.3 is 4.74 Å². The van der Waals surface area contributed by atoms with Crippen LogP contribution in [0.4, 0.5) is 5.69 Å². The number of methoxy groups -OCH3 is 1. The monoisotopic (exact) mass is 235 g/mol. The van der Waals surface area contributed by atoms with Crippen molar-refractivity contribution < 1.29 is 4.74 Å². The molecule has 0 saturated carbocycles. The van der Waals surface area contributed by atoms with E-state index in [1.807, 2.05) is 24.3 Å². The van der Waals surface area contributed by atoms with Crippen molar-refractivity contribution in [1.29, 1.82) is 0 Å². The van der Waals surface area contributed by atoms with Crippen LogP contribution in [-0.4, -0.2) is 33.7 Å². The molecular formula is C9H9N5OS. The molecule has 1 N–H and O–H groups in total. The highest BCUT2D eigenvalue weighted by molar-refractivity contribution is 7.71. The first-order chi connectivity index (χ1) is 7.81. The predicted octanol–water partition coefficient (Wildman–Crippen LogP) is 1.63. The standard InChI is InChI=1S/C9H9N5OS/c1-15-6-10-7-3-2-4-8(5-7)14-9(16)11-12-13-14/h2-6H,1H3,(H,11,13,16). The Morgan fingerprint density at radius 3 is 3.12 bits per heavy atom. The fourth-order valence-electron chi connectivity index (χ4n) is 1.19. The molecule has 0 unspecified atom stereocenters. The predicted molar refractivity (Wildman–Crippen MR) is 61.7 cm³/mol. The number of nitrogens with zero attached hydrogens (tertiary/aromatic N) is 4. The minimum atomic E-state index is 0.368. The van der Waals surface area contributed by atoms with Gasteiger partial charge in [0.15, 0.2) is 6.40 Å². The molecule has 2 rings (SSSR count). The Morgan fingerprint density at radius 1 is 1.56 bits per heavy atom. The summed E-state index contributed by atoms with van der Waals surface area (Å²) in [4.78, 5) is 4.08. The number of aliphatic imine (C=N–C) groups is 1. The van der Waals surface area contributed by atoms with E-state index in [2.05, 4.69) is 20.5 Å². The fraction of sp³-hybridized carbons (Fsp3) is 0.111. The summed E-state index contributed by atoms with van der Waals surface area (Å²) in [6, 6.07) is 7.43. The van der Waals surface area contributed by atoms with Crippen molar-refractivity contribution in [2.45, 2.75) is 0 Å². The number of ether oxygens (including phenoxy) is 1. The SMILES string of the molecule is COC=Nc1cccc(-n2[nH]nnc2=S)c1. The van der Waals surface area contributed by atoms with E-state index in [1.54, 1.807) is 11.8 Å². The fourth-order valence-corrected chi connectivity index (χ4v) is 1.38. The molecule has 0 aliphatic heterocycles. The normalized spacial score (nSPS) is 10.8. The third-order valence-electron chi connectivity index (χ3n) is 1.87. The van der Waals surface area contributed by atoms with E-state index in [9.17, 15) is 0 Å². The lowest BCUT2D eigenvalue weighted by Gasteiger charge is -2.01. The number of rotatable bonds is 3. The molecule has 2 aromatic rings. The first kappa shape index (κ1) is 10.5. The van der Waals surface area contributed by atoms with Gasteiger partial charge in [-0.1, -0.05) is 16.4 Å². The van der Waals surface area contributed by atoms with Crippen molar-refractivity contribution in [1.82, 2.24) is 20.2 Å². The van der Waals surface area contributed by atoms with Gasteiger partial charge in [0.1, 0.15) is 0 Å². The van der Waals surface area contributed by atoms with Crippen LogP contribution in [0.5, 0.6) is 0 Å². The van der Waals surface area contributed by atoms with Gasteiger partial charge in [-0.25, -0.2) is 9.67 Å². The maximum absolute atomic E-state index is 4.99. The van der Waals surface area contributed by atoms with Gasteiger partial charge in [0.2, 0.25) is 4.77 Å². The zero-order valence-corrected chi connectivity index (χ0v) is 9.31. The van der Waals surface area contributed by atoms with Gasteiger partial charge >= 0.3 is 0 Å². The Hall–Kier alpha value is -2.02. The number of tetrazole rings is 1. The minimum absolute atomic E-state index is 0.368. The average molecular weight is 235 g/mol. The largest absolute Gasteiger partial charge is 0.486 e. The highest BCUT2D eigenvalue weighted by atomic mass is 32.1. The van der Waals surface area contributed by atoms with Crippen LogP contribution in [-0.2, 0) is 4.74 Å². The van der Waals surface area contributed by atoms with Gasteiger partial charge in [0.25, 0.3) is 0 Å². The van der Waals surface area contributed by atoms with Crippen molar-refractivity contribution in [3.05, 3.63) is 29.0 Å². The van der Waals surface area contributed by atoms with E-state index in [1.165, 1.54) is 6.40 Å². The molecule has 7 heteroatoms. The number of nitrogens with one attached hydrogen (secondary N) is 1. The molecule has 82 valence electrons. The maximum Gasteiger partial charge on any atom is 0.242 e. The molecule has 1 aromatic carbocycles. The Balaban J connectivity index is 2.40. The van der Waals surface area contributed by atoms with Gasteiger partial charge in [-0.2, -0.15) is 5.21 Å². The van der Waals surface area contributed by atoms with Crippen molar-refractivity contribution in [2.75, 3.05) is 7.11 Å². The summed E-state index contributed by atoms with van der Waals surface area (Å²) in [5.74, 6) is 0. The van der Waals surface area contributed by atoms with Crippen molar-refractivity contribution in [3.63, 3.8) is 0 Å². The minimum Gasteiger partial charge on any atom is -0.486 e. The zero-order chi connectivity index (χ0) is 11.4. The molecular weight excluding hydrogens is 226 g/mol. The first-order valence-electron chi connectivity index (χ1n) is 4.47. The van der Waals surface area contributed by atoms with Crippen molar-refractivity contribution in [3.8, 4) is 5.69 Å². The summed E-state index contributed by atoms with van der Waals surface area (Å²) in [6.45, 7) is 0. The molecule has 0 aliphatic rings. The molecule has 0 spiro atoms. The van der Waals surface area contributed by atoms with Gasteiger partial charge in [0, 0.05) is 0 Å². The summed E-state index contributed by atoms with van der Waals surface area (Å²) >= 11 is 4.99. The molecule has 0 saturated heterocycles. The molecule has 1 aromatic heterocycles. The Bertz CT molecular complexity index is 559. The number of hydrogen-bond donors (Lipinski definition) is 1. The molecule has 0 aliphatic carbocycles. The van der Waals surface area contributed by atoms with E-state index in [-0.39, 0.29) is 0 Å². The van der Waals surface area contributed by atoms with Crippen LogP contribution in [0, 0.1) is 4.77 Å². The summed E-state index contributed by atoms with van der Waals surface area (Å²) < 4.78 is 6.70. The second kappa shape index (κ2) is 4.67. The molecule has 0 bridgehead atoms. The second-order valence-electron chi connectivity index (χ2n) is 2.91. The second-order valence-corrected chi connectivity index (χ2v) is 3.27. The third-order valence-corrected chi connectivity index (χ3v) is 2.13. The van der Waals surface area contributed by atoms with E-state index >= 15 is 0 Å². The molecule has 0 fully saturated rings. The molecule has 6 nitrogen and oxygen atoms in total. The van der Waals surface area contributed by atoms with Gasteiger partial charge in [-0.15, -0.1) is 0 Å². The van der Waals surface area contributed by atoms with E-state index in [0.717, 1.165) is 11.4 Å². The van der Waals surface area contributed by atoms with E-state index in [4.69, 9.17) is 17.0 Å². The smallest absolute Gasteiger partial charge is 0.242 e. The lowest BCUT2D eigenvalue weighted by molar-refractivity contribution is 0.423. The highest BCUT2D eigenvalue weighted by Gasteiger charge is 1.99. The topological polar surface area (TPSA) is 68.1 Å². The Labute approximate surface area is 96.6 Å². The number of aromatic amines is 1. The van der Waals surface area contributed by atoms with Gasteiger partial charge in [-0.3, -0.25) is 0 Å². The average Bonchev–Trinajstić information content (AvgIpc) is 2.73. The lowest BCUT2D eigenvalue weighted by Crippen LogP contribution is -1.96. The van der Waals surface area contributed by atoms with Gasteiger partial charge in [0.05, 0.1) is 18.5 Å². The van der Waals surface area contributed by atoms with Crippen molar-refractivity contribution in [2.24, 2.45) is 4.99 Å². The zero-order valence-electron chi connectivity index (χ0n) is 8.49. The molecule has 1 heterocycles. The number of H-pyrrole nitrogens is 1. The van der Waals surface area contributed by atoms with Crippen LogP contribution in [0.25, 0.3) is 5.69 Å². The summed E-state index contributed by atoms with van der Waals surface area (Å²) in [5, 5.41) is 9.98. The summed E-state index contributed by atoms with van der Waals surface area (Å²) in [5.41, 5.74) is 1.58. The molecule has 0 amide bonds. The van der Waals surface area contributed by atoms with Crippen LogP contribution in [0.1, 0.15) is 0 Å². The van der Waals surface area contributed by atoms with Crippen LogP contribution in [0.15, 0.2) is 29.3 Å². The summed E-state index contributed by atoms with van der Waals surface area (Å²) in [6.07, 6.45) is 1.36.